The first kappa shape index (κ1) is 13.3. The maximum Gasteiger partial charge on any atom is 0.175 e. The summed E-state index contributed by atoms with van der Waals surface area (Å²) in [5, 5.41) is 2.90. The Kier molecular flexibility index (Phi) is 3.87. The van der Waals surface area contributed by atoms with Crippen molar-refractivity contribution < 1.29 is 17.5 Å². The van der Waals surface area contributed by atoms with Crippen LogP contribution in [0.5, 0.6) is 0 Å². The van der Waals surface area contributed by atoms with Crippen LogP contribution < -0.4 is 5.32 Å². The number of hydrogen-bond donors (Lipinski definition) is 1. The highest BCUT2D eigenvalue weighted by atomic mass is 32.2. The maximum atomic E-state index is 13.5. The van der Waals surface area contributed by atoms with E-state index in [1.165, 1.54) is 12.1 Å². The van der Waals surface area contributed by atoms with Crippen LogP contribution in [0, 0.1) is 5.82 Å². The fraction of sp³-hybridized carbons (Fsp3) is 0.500. The van der Waals surface area contributed by atoms with E-state index >= 15 is 0 Å². The van der Waals surface area contributed by atoms with Gasteiger partial charge in [-0.1, -0.05) is 0 Å². The van der Waals surface area contributed by atoms with E-state index in [9.17, 15) is 12.8 Å². The van der Waals surface area contributed by atoms with Gasteiger partial charge in [-0.05, 0) is 31.0 Å². The molecule has 0 radical (unpaired) electrons. The fourth-order valence-electron chi connectivity index (χ4n) is 1.90. The first-order chi connectivity index (χ1) is 8.47. The average Bonchev–Trinajstić information content (AvgIpc) is 2.79. The largest absolute Gasteiger partial charge is 0.380 e. The SMILES string of the molecule is CS(=O)(=O)c1ccc(F)c(NCC2CCCO2)c1. The molecule has 6 heteroatoms. The second kappa shape index (κ2) is 5.24. The summed E-state index contributed by atoms with van der Waals surface area (Å²) in [7, 11) is -3.32. The lowest BCUT2D eigenvalue weighted by atomic mass is 10.2. The van der Waals surface area contributed by atoms with Crippen LogP contribution in [0.3, 0.4) is 0 Å². The molecule has 1 atom stereocenters. The Hall–Kier alpha value is -1.14. The van der Waals surface area contributed by atoms with E-state index in [1.54, 1.807) is 0 Å². The monoisotopic (exact) mass is 273 g/mol. The Morgan fingerprint density at radius 1 is 1.50 bits per heavy atom. The zero-order valence-electron chi connectivity index (χ0n) is 10.1. The molecule has 1 aromatic carbocycles. The third kappa shape index (κ3) is 3.20. The van der Waals surface area contributed by atoms with Crippen LogP contribution in [0.15, 0.2) is 23.1 Å². The number of rotatable bonds is 4. The predicted octanol–water partition coefficient (Wildman–Crippen LogP) is 1.82. The Morgan fingerprint density at radius 3 is 2.89 bits per heavy atom. The third-order valence-corrected chi connectivity index (χ3v) is 4.02. The van der Waals surface area contributed by atoms with Gasteiger partial charge in [0.15, 0.2) is 9.84 Å². The molecule has 0 aliphatic carbocycles. The molecule has 0 spiro atoms. The van der Waals surface area contributed by atoms with Gasteiger partial charge in [-0.25, -0.2) is 12.8 Å². The van der Waals surface area contributed by atoms with Gasteiger partial charge in [-0.3, -0.25) is 0 Å². The van der Waals surface area contributed by atoms with Gasteiger partial charge in [-0.2, -0.15) is 0 Å². The molecule has 1 unspecified atom stereocenters. The number of anilines is 1. The number of halogens is 1. The summed E-state index contributed by atoms with van der Waals surface area (Å²) >= 11 is 0. The van der Waals surface area contributed by atoms with Gasteiger partial charge in [0.25, 0.3) is 0 Å². The minimum Gasteiger partial charge on any atom is -0.380 e. The summed E-state index contributed by atoms with van der Waals surface area (Å²) in [5.74, 6) is -0.458. The molecule has 0 amide bonds. The lowest BCUT2D eigenvalue weighted by Crippen LogP contribution is -2.19. The molecular weight excluding hydrogens is 257 g/mol. The quantitative estimate of drug-likeness (QED) is 0.850. The van der Waals surface area contributed by atoms with Gasteiger partial charge >= 0.3 is 0 Å². The van der Waals surface area contributed by atoms with E-state index in [2.05, 4.69) is 5.32 Å². The molecule has 100 valence electrons. The van der Waals surface area contributed by atoms with Crippen molar-refractivity contribution >= 4 is 15.5 Å². The van der Waals surface area contributed by atoms with E-state index < -0.39 is 15.7 Å². The Morgan fingerprint density at radius 2 is 2.28 bits per heavy atom. The molecule has 0 bridgehead atoms. The highest BCUT2D eigenvalue weighted by molar-refractivity contribution is 7.90. The summed E-state index contributed by atoms with van der Waals surface area (Å²) in [4.78, 5) is 0.110. The van der Waals surface area contributed by atoms with E-state index in [0.717, 1.165) is 31.8 Å². The van der Waals surface area contributed by atoms with Crippen LogP contribution in [-0.2, 0) is 14.6 Å². The standard InChI is InChI=1S/C12H16FNO3S/c1-18(15,16)10-4-5-11(13)12(7-10)14-8-9-3-2-6-17-9/h4-5,7,9,14H,2-3,6,8H2,1H3. The van der Waals surface area contributed by atoms with Gasteiger partial charge in [-0.15, -0.1) is 0 Å². The molecule has 1 aliphatic heterocycles. The number of nitrogens with one attached hydrogen (secondary N) is 1. The van der Waals surface area contributed by atoms with Crippen molar-refractivity contribution in [2.45, 2.75) is 23.8 Å². The highest BCUT2D eigenvalue weighted by Crippen LogP contribution is 2.20. The van der Waals surface area contributed by atoms with E-state index in [0.29, 0.717) is 6.54 Å². The molecule has 1 aliphatic rings. The van der Waals surface area contributed by atoms with Crippen molar-refractivity contribution in [3.8, 4) is 0 Å². The topological polar surface area (TPSA) is 55.4 Å². The lowest BCUT2D eigenvalue weighted by molar-refractivity contribution is 0.120. The summed E-state index contributed by atoms with van der Waals surface area (Å²) < 4.78 is 41.7. The molecule has 1 N–H and O–H groups in total. The fourth-order valence-corrected chi connectivity index (χ4v) is 2.55. The van der Waals surface area contributed by atoms with Crippen LogP contribution in [0.25, 0.3) is 0 Å². The summed E-state index contributed by atoms with van der Waals surface area (Å²) in [6.45, 7) is 1.22. The molecular formula is C12H16FNO3S. The maximum absolute atomic E-state index is 13.5. The molecule has 1 heterocycles. The van der Waals surface area contributed by atoms with Crippen molar-refractivity contribution in [1.29, 1.82) is 0 Å². The lowest BCUT2D eigenvalue weighted by Gasteiger charge is -2.13. The minimum absolute atomic E-state index is 0.0753. The highest BCUT2D eigenvalue weighted by Gasteiger charge is 2.16. The van der Waals surface area contributed by atoms with Gasteiger partial charge in [0, 0.05) is 19.4 Å². The molecule has 1 aromatic rings. The van der Waals surface area contributed by atoms with Crippen LogP contribution in [-0.4, -0.2) is 33.9 Å². The zero-order valence-corrected chi connectivity index (χ0v) is 11.0. The Balaban J connectivity index is 2.11. The number of hydrogen-bond acceptors (Lipinski definition) is 4. The normalized spacial score (nSPS) is 20.0. The van der Waals surface area contributed by atoms with Crippen LogP contribution >= 0.6 is 0 Å². The van der Waals surface area contributed by atoms with E-state index in [-0.39, 0.29) is 16.7 Å². The molecule has 2 rings (SSSR count). The second-order valence-corrected chi connectivity index (χ2v) is 6.45. The number of benzene rings is 1. The average molecular weight is 273 g/mol. The van der Waals surface area contributed by atoms with Gasteiger partial charge < -0.3 is 10.1 Å². The number of sulfone groups is 1. The minimum atomic E-state index is -3.32. The first-order valence-electron chi connectivity index (χ1n) is 5.82. The van der Waals surface area contributed by atoms with Crippen molar-refractivity contribution in [3.63, 3.8) is 0 Å². The van der Waals surface area contributed by atoms with Crippen LogP contribution in [0.2, 0.25) is 0 Å². The van der Waals surface area contributed by atoms with Crippen molar-refractivity contribution in [3.05, 3.63) is 24.0 Å². The van der Waals surface area contributed by atoms with Crippen molar-refractivity contribution in [2.24, 2.45) is 0 Å². The molecule has 4 nitrogen and oxygen atoms in total. The Labute approximate surface area is 106 Å². The molecule has 0 aromatic heterocycles. The van der Waals surface area contributed by atoms with Gasteiger partial charge in [0.2, 0.25) is 0 Å². The van der Waals surface area contributed by atoms with Crippen LogP contribution in [0.1, 0.15) is 12.8 Å². The van der Waals surface area contributed by atoms with Crippen molar-refractivity contribution in [1.82, 2.24) is 0 Å². The molecule has 0 saturated carbocycles. The zero-order chi connectivity index (χ0) is 13.2. The Bertz CT molecular complexity index is 524. The first-order valence-corrected chi connectivity index (χ1v) is 7.71. The summed E-state index contributed by atoms with van der Waals surface area (Å²) in [6.07, 6.45) is 3.13. The van der Waals surface area contributed by atoms with E-state index in [4.69, 9.17) is 4.74 Å². The van der Waals surface area contributed by atoms with Crippen molar-refractivity contribution in [2.75, 3.05) is 24.7 Å². The van der Waals surface area contributed by atoms with E-state index in [1.807, 2.05) is 0 Å². The van der Waals surface area contributed by atoms with Gasteiger partial charge in [0.1, 0.15) is 5.82 Å². The van der Waals surface area contributed by atoms with Crippen LogP contribution in [0.4, 0.5) is 10.1 Å². The van der Waals surface area contributed by atoms with Gasteiger partial charge in [0.05, 0.1) is 16.7 Å². The second-order valence-electron chi connectivity index (χ2n) is 4.43. The predicted molar refractivity (Wildman–Crippen MR) is 67.0 cm³/mol. The molecule has 1 fully saturated rings. The number of ether oxygens (including phenoxy) is 1. The summed E-state index contributed by atoms with van der Waals surface area (Å²) in [5.41, 5.74) is 0.202. The smallest absolute Gasteiger partial charge is 0.175 e. The third-order valence-electron chi connectivity index (χ3n) is 2.91. The molecule has 1 saturated heterocycles. The molecule has 18 heavy (non-hydrogen) atoms. The summed E-state index contributed by atoms with van der Waals surface area (Å²) in [6, 6.07) is 3.75.